The lowest BCUT2D eigenvalue weighted by molar-refractivity contribution is -0.129. The molecule has 3 rings (SSSR count). The summed E-state index contributed by atoms with van der Waals surface area (Å²) in [6.07, 6.45) is 1.17. The Labute approximate surface area is 121 Å². The van der Waals surface area contributed by atoms with Gasteiger partial charge in [0.25, 0.3) is 0 Å². The van der Waals surface area contributed by atoms with Gasteiger partial charge in [-0.1, -0.05) is 18.2 Å². The summed E-state index contributed by atoms with van der Waals surface area (Å²) >= 11 is 1.70. The molecule has 4 nitrogen and oxygen atoms in total. The molecule has 0 saturated carbocycles. The second kappa shape index (κ2) is 5.52. The van der Waals surface area contributed by atoms with Crippen LogP contribution in [0.15, 0.2) is 29.6 Å². The number of thiophene rings is 1. The zero-order valence-corrected chi connectivity index (χ0v) is 12.0. The number of nitrogens with two attached hydrogens (primary N) is 1. The van der Waals surface area contributed by atoms with Crippen LogP contribution in [0, 0.1) is 0 Å². The van der Waals surface area contributed by atoms with Crippen LogP contribution in [-0.2, 0) is 16.1 Å². The first-order valence-electron chi connectivity index (χ1n) is 6.79. The van der Waals surface area contributed by atoms with Crippen molar-refractivity contribution in [3.05, 3.63) is 35.2 Å². The third-order valence-corrected chi connectivity index (χ3v) is 4.85. The second-order valence-electron chi connectivity index (χ2n) is 5.21. The largest absolute Gasteiger partial charge is 0.381 e. The molecule has 1 fully saturated rings. The van der Waals surface area contributed by atoms with Crippen molar-refractivity contribution in [2.75, 3.05) is 13.2 Å². The molecule has 5 heteroatoms. The molecule has 1 aromatic carbocycles. The lowest BCUT2D eigenvalue weighted by Gasteiger charge is -2.31. The van der Waals surface area contributed by atoms with Gasteiger partial charge in [0.15, 0.2) is 0 Å². The van der Waals surface area contributed by atoms with Gasteiger partial charge in [-0.3, -0.25) is 4.79 Å². The number of fused-ring (bicyclic) bond motifs is 1. The van der Waals surface area contributed by atoms with E-state index in [1.807, 2.05) is 12.1 Å². The van der Waals surface area contributed by atoms with E-state index in [2.05, 4.69) is 22.8 Å². The molecule has 0 atom stereocenters. The van der Waals surface area contributed by atoms with Crippen LogP contribution in [0.5, 0.6) is 0 Å². The van der Waals surface area contributed by atoms with Crippen molar-refractivity contribution in [3.63, 3.8) is 0 Å². The van der Waals surface area contributed by atoms with E-state index in [4.69, 9.17) is 10.5 Å². The minimum absolute atomic E-state index is 0.0731. The highest BCUT2D eigenvalue weighted by Gasteiger charge is 2.35. The van der Waals surface area contributed by atoms with Crippen molar-refractivity contribution in [1.82, 2.24) is 5.32 Å². The maximum absolute atomic E-state index is 12.3. The minimum Gasteiger partial charge on any atom is -0.381 e. The van der Waals surface area contributed by atoms with Gasteiger partial charge in [-0.15, -0.1) is 11.3 Å². The smallest absolute Gasteiger partial charge is 0.240 e. The second-order valence-corrected chi connectivity index (χ2v) is 6.12. The molecular weight excluding hydrogens is 272 g/mol. The molecule has 0 unspecified atom stereocenters. The van der Waals surface area contributed by atoms with Crippen molar-refractivity contribution >= 4 is 27.3 Å². The lowest BCUT2D eigenvalue weighted by atomic mass is 9.90. The van der Waals surface area contributed by atoms with E-state index in [9.17, 15) is 4.79 Å². The maximum atomic E-state index is 12.3. The number of benzene rings is 1. The van der Waals surface area contributed by atoms with E-state index in [-0.39, 0.29) is 5.91 Å². The zero-order valence-electron chi connectivity index (χ0n) is 11.2. The summed E-state index contributed by atoms with van der Waals surface area (Å²) in [5.41, 5.74) is 6.54. The number of hydrogen-bond donors (Lipinski definition) is 2. The Bertz CT molecular complexity index is 617. The Morgan fingerprint density at radius 1 is 1.35 bits per heavy atom. The Kier molecular flexibility index (Phi) is 3.74. The van der Waals surface area contributed by atoms with Crippen LogP contribution >= 0.6 is 11.3 Å². The minimum atomic E-state index is -0.774. The van der Waals surface area contributed by atoms with E-state index < -0.39 is 5.54 Å². The molecule has 2 aromatic rings. The molecule has 1 amide bonds. The summed E-state index contributed by atoms with van der Waals surface area (Å²) in [7, 11) is 0. The molecule has 1 aromatic heterocycles. The fourth-order valence-corrected chi connectivity index (χ4v) is 3.45. The van der Waals surface area contributed by atoms with E-state index >= 15 is 0 Å². The highest BCUT2D eigenvalue weighted by atomic mass is 32.1. The van der Waals surface area contributed by atoms with Crippen molar-refractivity contribution in [3.8, 4) is 0 Å². The van der Waals surface area contributed by atoms with E-state index in [1.165, 1.54) is 10.1 Å². The van der Waals surface area contributed by atoms with Crippen LogP contribution in [-0.4, -0.2) is 24.7 Å². The van der Waals surface area contributed by atoms with Gasteiger partial charge in [0.05, 0.1) is 5.54 Å². The van der Waals surface area contributed by atoms with Crippen LogP contribution in [0.1, 0.15) is 18.4 Å². The average molecular weight is 290 g/mol. The summed E-state index contributed by atoms with van der Waals surface area (Å²) < 4.78 is 6.51. The Morgan fingerprint density at radius 3 is 2.90 bits per heavy atom. The van der Waals surface area contributed by atoms with Gasteiger partial charge in [-0.25, -0.2) is 0 Å². The van der Waals surface area contributed by atoms with Crippen LogP contribution in [0.3, 0.4) is 0 Å². The molecule has 0 bridgehead atoms. The van der Waals surface area contributed by atoms with Gasteiger partial charge in [-0.05, 0) is 35.2 Å². The summed E-state index contributed by atoms with van der Waals surface area (Å²) in [5, 5.41) is 6.27. The molecule has 0 radical (unpaired) electrons. The normalized spacial score (nSPS) is 18.1. The predicted molar refractivity (Wildman–Crippen MR) is 80.6 cm³/mol. The fourth-order valence-electron chi connectivity index (χ4n) is 2.48. The number of rotatable bonds is 3. The van der Waals surface area contributed by atoms with E-state index in [1.54, 1.807) is 11.3 Å². The van der Waals surface area contributed by atoms with E-state index in [0.717, 1.165) is 5.56 Å². The van der Waals surface area contributed by atoms with Crippen LogP contribution in [0.4, 0.5) is 0 Å². The quantitative estimate of drug-likeness (QED) is 0.909. The molecular formula is C15H18N2O2S. The first-order chi connectivity index (χ1) is 9.69. The molecule has 3 N–H and O–H groups in total. The molecule has 106 valence electrons. The van der Waals surface area contributed by atoms with Gasteiger partial charge in [0.2, 0.25) is 5.91 Å². The zero-order chi connectivity index (χ0) is 14.0. The topological polar surface area (TPSA) is 64.4 Å². The molecule has 0 spiro atoms. The standard InChI is InChI=1S/C15H18N2O2S/c16-15(5-7-19-8-6-15)14(18)17-9-11-10-20-13-4-2-1-3-12(11)13/h1-4,10H,5-9,16H2,(H,17,18). The fraction of sp³-hybridized carbons (Fsp3) is 0.400. The van der Waals surface area contributed by atoms with Gasteiger partial charge < -0.3 is 15.8 Å². The Balaban J connectivity index is 1.68. The average Bonchev–Trinajstić information content (AvgIpc) is 2.89. The number of nitrogens with one attached hydrogen (secondary N) is 1. The van der Waals surface area contributed by atoms with Crippen molar-refractivity contribution in [2.45, 2.75) is 24.9 Å². The lowest BCUT2D eigenvalue weighted by Crippen LogP contribution is -2.56. The highest BCUT2D eigenvalue weighted by molar-refractivity contribution is 7.17. The number of carbonyl (C=O) groups is 1. The maximum Gasteiger partial charge on any atom is 0.240 e. The van der Waals surface area contributed by atoms with Crippen LogP contribution in [0.25, 0.3) is 10.1 Å². The SMILES string of the molecule is NC1(C(=O)NCc2csc3ccccc23)CCOCC1. The summed E-state index contributed by atoms with van der Waals surface area (Å²) in [6, 6.07) is 8.22. The first-order valence-corrected chi connectivity index (χ1v) is 7.67. The molecule has 1 aliphatic heterocycles. The van der Waals surface area contributed by atoms with Gasteiger partial charge in [0.1, 0.15) is 0 Å². The first kappa shape index (κ1) is 13.5. The number of hydrogen-bond acceptors (Lipinski definition) is 4. The third kappa shape index (κ3) is 2.57. The Morgan fingerprint density at radius 2 is 2.10 bits per heavy atom. The third-order valence-electron chi connectivity index (χ3n) is 3.84. The molecule has 2 heterocycles. The number of amides is 1. The van der Waals surface area contributed by atoms with Crippen molar-refractivity contribution in [1.29, 1.82) is 0 Å². The Hall–Kier alpha value is -1.43. The number of carbonyl (C=O) groups excluding carboxylic acids is 1. The summed E-state index contributed by atoms with van der Waals surface area (Å²) in [5.74, 6) is -0.0731. The molecule has 20 heavy (non-hydrogen) atoms. The van der Waals surface area contributed by atoms with E-state index in [0.29, 0.717) is 32.6 Å². The van der Waals surface area contributed by atoms with Crippen LogP contribution in [0.2, 0.25) is 0 Å². The van der Waals surface area contributed by atoms with Crippen molar-refractivity contribution in [2.24, 2.45) is 5.73 Å². The predicted octanol–water partition coefficient (Wildman–Crippen LogP) is 2.03. The molecule has 0 aliphatic carbocycles. The monoisotopic (exact) mass is 290 g/mol. The van der Waals surface area contributed by atoms with Gasteiger partial charge in [0, 0.05) is 24.5 Å². The molecule has 1 aliphatic rings. The highest BCUT2D eigenvalue weighted by Crippen LogP contribution is 2.25. The van der Waals surface area contributed by atoms with Gasteiger partial charge in [-0.2, -0.15) is 0 Å². The number of ether oxygens (including phenoxy) is 1. The van der Waals surface area contributed by atoms with Crippen molar-refractivity contribution < 1.29 is 9.53 Å². The van der Waals surface area contributed by atoms with Crippen LogP contribution < -0.4 is 11.1 Å². The van der Waals surface area contributed by atoms with Gasteiger partial charge >= 0.3 is 0 Å². The summed E-state index contributed by atoms with van der Waals surface area (Å²) in [4.78, 5) is 12.3. The molecule has 1 saturated heterocycles. The summed E-state index contributed by atoms with van der Waals surface area (Å²) in [6.45, 7) is 1.65.